The lowest BCUT2D eigenvalue weighted by Gasteiger charge is -2.26. The first-order valence-electron chi connectivity index (χ1n) is 5.71. The van der Waals surface area contributed by atoms with Crippen LogP contribution >= 0.6 is 15.9 Å². The number of nitrogen functional groups attached to an aromatic ring is 1. The summed E-state index contributed by atoms with van der Waals surface area (Å²) in [5, 5.41) is 4.33. The summed E-state index contributed by atoms with van der Waals surface area (Å²) in [7, 11) is 1.71. The maximum absolute atomic E-state index is 5.92. The maximum atomic E-state index is 5.92. The fourth-order valence-corrected chi connectivity index (χ4v) is 3.14. The van der Waals surface area contributed by atoms with Crippen LogP contribution in [-0.2, 0) is 17.8 Å². The molecule has 3 N–H and O–H groups in total. The van der Waals surface area contributed by atoms with Crippen LogP contribution in [0.3, 0.4) is 0 Å². The van der Waals surface area contributed by atoms with Gasteiger partial charge in [0.15, 0.2) is 0 Å². The van der Waals surface area contributed by atoms with Gasteiger partial charge in [-0.25, -0.2) is 9.97 Å². The maximum Gasteiger partial charge on any atom is 0.146 e. The second-order valence-corrected chi connectivity index (χ2v) is 5.15. The third-order valence-electron chi connectivity index (χ3n) is 3.24. The number of hydrogen-bond donors (Lipinski definition) is 2. The van der Waals surface area contributed by atoms with Crippen LogP contribution in [0.2, 0.25) is 0 Å². The average Bonchev–Trinajstić information content (AvgIpc) is 2.65. The Hall–Kier alpha value is -1.18. The van der Waals surface area contributed by atoms with Gasteiger partial charge in [0.2, 0.25) is 0 Å². The Labute approximate surface area is 113 Å². The van der Waals surface area contributed by atoms with Crippen molar-refractivity contribution in [3.05, 3.63) is 16.5 Å². The van der Waals surface area contributed by atoms with Crippen molar-refractivity contribution in [2.45, 2.75) is 19.1 Å². The first-order chi connectivity index (χ1) is 8.72. The van der Waals surface area contributed by atoms with Crippen molar-refractivity contribution in [1.82, 2.24) is 19.9 Å². The minimum absolute atomic E-state index is 0.293. The van der Waals surface area contributed by atoms with Crippen molar-refractivity contribution in [3.8, 4) is 0 Å². The molecule has 7 heteroatoms. The van der Waals surface area contributed by atoms with Gasteiger partial charge >= 0.3 is 0 Å². The zero-order valence-electron chi connectivity index (χ0n) is 9.98. The van der Waals surface area contributed by atoms with Gasteiger partial charge in [0.25, 0.3) is 0 Å². The van der Waals surface area contributed by atoms with Gasteiger partial charge in [-0.3, -0.25) is 0 Å². The van der Waals surface area contributed by atoms with Crippen LogP contribution < -0.4 is 11.1 Å². The summed E-state index contributed by atoms with van der Waals surface area (Å²) < 4.78 is 8.36. The third kappa shape index (κ3) is 1.70. The average molecular weight is 312 g/mol. The van der Waals surface area contributed by atoms with E-state index in [-0.39, 0.29) is 0 Å². The molecule has 0 saturated carbocycles. The van der Waals surface area contributed by atoms with Crippen LogP contribution in [0.25, 0.3) is 11.0 Å². The van der Waals surface area contributed by atoms with E-state index in [1.807, 2.05) is 0 Å². The molecule has 3 rings (SSSR count). The molecule has 0 aromatic carbocycles. The second kappa shape index (κ2) is 4.49. The van der Waals surface area contributed by atoms with Gasteiger partial charge in [0, 0.05) is 31.9 Å². The molecule has 0 spiro atoms. The highest BCUT2D eigenvalue weighted by Gasteiger charge is 2.25. The van der Waals surface area contributed by atoms with E-state index in [1.165, 1.54) is 6.33 Å². The number of methoxy groups -OCH3 is 1. The molecule has 1 aliphatic heterocycles. The molecule has 0 saturated heterocycles. The van der Waals surface area contributed by atoms with Crippen molar-refractivity contribution in [1.29, 1.82) is 0 Å². The number of nitrogens with zero attached hydrogens (tertiary/aromatic N) is 3. The monoisotopic (exact) mass is 311 g/mol. The first-order valence-corrected chi connectivity index (χ1v) is 6.51. The number of halogens is 1. The third-order valence-corrected chi connectivity index (χ3v) is 4.09. The minimum Gasteiger partial charge on any atom is -0.383 e. The summed E-state index contributed by atoms with van der Waals surface area (Å²) in [6.07, 6.45) is 1.50. The van der Waals surface area contributed by atoms with Gasteiger partial charge < -0.3 is 20.4 Å². The number of rotatable bonds is 2. The molecule has 96 valence electrons. The van der Waals surface area contributed by atoms with Crippen LogP contribution in [0.5, 0.6) is 0 Å². The Balaban J connectivity index is 2.14. The summed E-state index contributed by atoms with van der Waals surface area (Å²) in [5.41, 5.74) is 7.96. The highest BCUT2D eigenvalue weighted by Crippen LogP contribution is 2.34. The van der Waals surface area contributed by atoms with Crippen LogP contribution in [-0.4, -0.2) is 34.3 Å². The lowest BCUT2D eigenvalue weighted by molar-refractivity contribution is 0.152. The quantitative estimate of drug-likeness (QED) is 0.861. The summed E-state index contributed by atoms with van der Waals surface area (Å²) >= 11 is 3.60. The lowest BCUT2D eigenvalue weighted by atomic mass is 10.2. The molecular formula is C11H14BrN5O. The smallest absolute Gasteiger partial charge is 0.146 e. The summed E-state index contributed by atoms with van der Waals surface area (Å²) in [6.45, 7) is 2.27. The minimum atomic E-state index is 0.293. The van der Waals surface area contributed by atoms with E-state index < -0.39 is 0 Å². The van der Waals surface area contributed by atoms with Gasteiger partial charge in [-0.05, 0) is 15.9 Å². The Bertz CT molecular complexity index is 597. The van der Waals surface area contributed by atoms with E-state index >= 15 is 0 Å². The normalized spacial score (nSPS) is 19.1. The van der Waals surface area contributed by atoms with Crippen LogP contribution in [0, 0.1) is 0 Å². The summed E-state index contributed by atoms with van der Waals surface area (Å²) in [4.78, 5) is 8.39. The van der Waals surface area contributed by atoms with Crippen molar-refractivity contribution in [3.63, 3.8) is 0 Å². The molecule has 0 bridgehead atoms. The van der Waals surface area contributed by atoms with Crippen molar-refractivity contribution < 1.29 is 4.74 Å². The zero-order valence-corrected chi connectivity index (χ0v) is 11.6. The molecule has 6 nitrogen and oxygen atoms in total. The Morgan fingerprint density at radius 2 is 2.44 bits per heavy atom. The Kier molecular flexibility index (Phi) is 2.96. The highest BCUT2D eigenvalue weighted by molar-refractivity contribution is 9.10. The molecule has 2 aromatic heterocycles. The van der Waals surface area contributed by atoms with Gasteiger partial charge in [-0.2, -0.15) is 0 Å². The van der Waals surface area contributed by atoms with Gasteiger partial charge in [-0.15, -0.1) is 0 Å². The van der Waals surface area contributed by atoms with E-state index in [9.17, 15) is 0 Å². The molecule has 0 aliphatic carbocycles. The van der Waals surface area contributed by atoms with E-state index in [1.54, 1.807) is 7.11 Å². The lowest BCUT2D eigenvalue weighted by Crippen LogP contribution is -2.41. The molecule has 1 unspecified atom stereocenters. The largest absolute Gasteiger partial charge is 0.383 e. The second-order valence-electron chi connectivity index (χ2n) is 4.36. The molecule has 18 heavy (non-hydrogen) atoms. The predicted octanol–water partition coefficient (Wildman–Crippen LogP) is 0.894. The standard InChI is InChI=1S/C11H14BrN5O/c1-18-4-6-3-17-7(2-14-6)9(12)8-10(13)15-5-16-11(8)17/h5-6,14H,2-4H2,1H3,(H2,13,15,16). The van der Waals surface area contributed by atoms with Crippen molar-refractivity contribution >= 4 is 32.8 Å². The Morgan fingerprint density at radius 1 is 1.61 bits per heavy atom. The van der Waals surface area contributed by atoms with Gasteiger partial charge in [-0.1, -0.05) is 0 Å². The van der Waals surface area contributed by atoms with Crippen molar-refractivity contribution in [2.75, 3.05) is 19.5 Å². The summed E-state index contributed by atoms with van der Waals surface area (Å²) in [5.74, 6) is 0.511. The van der Waals surface area contributed by atoms with E-state index in [4.69, 9.17) is 10.5 Å². The highest BCUT2D eigenvalue weighted by atomic mass is 79.9. The molecule has 0 amide bonds. The molecule has 1 aliphatic rings. The van der Waals surface area contributed by atoms with Crippen LogP contribution in [0.1, 0.15) is 5.69 Å². The molecule has 3 heterocycles. The fraction of sp³-hybridized carbons (Fsp3) is 0.455. The van der Waals surface area contributed by atoms with E-state index in [2.05, 4.69) is 35.8 Å². The molecule has 0 radical (unpaired) electrons. The topological polar surface area (TPSA) is 78.0 Å². The van der Waals surface area contributed by atoms with Gasteiger partial charge in [0.05, 0.1) is 16.5 Å². The number of nitrogens with one attached hydrogen (secondary N) is 1. The van der Waals surface area contributed by atoms with Crippen LogP contribution in [0.4, 0.5) is 5.82 Å². The Morgan fingerprint density at radius 3 is 3.22 bits per heavy atom. The fourth-order valence-electron chi connectivity index (χ4n) is 2.40. The van der Waals surface area contributed by atoms with E-state index in [0.717, 1.165) is 34.3 Å². The number of hydrogen-bond acceptors (Lipinski definition) is 5. The van der Waals surface area contributed by atoms with Crippen LogP contribution in [0.15, 0.2) is 10.8 Å². The number of fused-ring (bicyclic) bond motifs is 3. The number of ether oxygens (including phenoxy) is 1. The molecule has 1 atom stereocenters. The summed E-state index contributed by atoms with van der Waals surface area (Å²) in [6, 6.07) is 0.293. The molecule has 2 aromatic rings. The molecule has 0 fully saturated rings. The van der Waals surface area contributed by atoms with Gasteiger partial charge in [0.1, 0.15) is 17.8 Å². The van der Waals surface area contributed by atoms with Crippen molar-refractivity contribution in [2.24, 2.45) is 0 Å². The predicted molar refractivity (Wildman–Crippen MR) is 72.1 cm³/mol. The number of anilines is 1. The molecular weight excluding hydrogens is 298 g/mol. The first kappa shape index (κ1) is 11.9. The van der Waals surface area contributed by atoms with E-state index in [0.29, 0.717) is 18.5 Å². The number of nitrogens with two attached hydrogens (primary N) is 1. The zero-order chi connectivity index (χ0) is 12.7. The SMILES string of the molecule is COCC1Cn2c(c(Br)c3c(N)ncnc32)CN1. The number of aromatic nitrogens is 3.